The van der Waals surface area contributed by atoms with E-state index in [1.54, 1.807) is 18.2 Å². The highest BCUT2D eigenvalue weighted by molar-refractivity contribution is 5.95. The van der Waals surface area contributed by atoms with Crippen LogP contribution in [0.15, 0.2) is 36.7 Å². The first-order chi connectivity index (χ1) is 10.5. The fourth-order valence-corrected chi connectivity index (χ4v) is 1.57. The third-order valence-electron chi connectivity index (χ3n) is 2.73. The van der Waals surface area contributed by atoms with Crippen molar-refractivity contribution in [3.05, 3.63) is 42.2 Å². The molecule has 22 heavy (non-hydrogen) atoms. The number of carboxylic acids is 1. The Hall–Kier alpha value is -2.70. The number of nitrogens with one attached hydrogen (secondary N) is 2. The number of carboxylic acid groups (broad SMARTS) is 1. The van der Waals surface area contributed by atoms with Crippen LogP contribution in [-0.4, -0.2) is 40.5 Å². The number of carbonyl (C=O) groups excluding carboxylic acids is 2. The summed E-state index contributed by atoms with van der Waals surface area (Å²) in [7, 11) is 0. The lowest BCUT2D eigenvalue weighted by molar-refractivity contribution is -0.141. The third-order valence-corrected chi connectivity index (χ3v) is 2.73. The van der Waals surface area contributed by atoms with Crippen LogP contribution in [-0.2, 0) is 9.59 Å². The second kappa shape index (κ2) is 9.28. The molecule has 0 aliphatic carbocycles. The molecule has 3 N–H and O–H groups in total. The number of hydrogen-bond acceptors (Lipinski definition) is 4. The van der Waals surface area contributed by atoms with Crippen molar-refractivity contribution < 1.29 is 19.5 Å². The van der Waals surface area contributed by atoms with Crippen LogP contribution in [0, 0.1) is 0 Å². The molecule has 1 rings (SSSR count). The minimum Gasteiger partial charge on any atom is -0.480 e. The van der Waals surface area contributed by atoms with Gasteiger partial charge in [-0.3, -0.25) is 14.6 Å². The van der Waals surface area contributed by atoms with Gasteiger partial charge >= 0.3 is 5.97 Å². The van der Waals surface area contributed by atoms with Crippen molar-refractivity contribution in [1.82, 2.24) is 15.6 Å². The fraction of sp³-hybridized carbons (Fsp3) is 0.333. The standard InChI is InChI=1S/C15H19N3O4/c1-2-3-4-7-13(19)18-12(15(21)22)10-17-14(20)11-6-5-8-16-9-11/h4-9,12H,2-3,10H2,1H3,(H,17,20)(H,18,19)(H,21,22). The molecule has 118 valence electrons. The lowest BCUT2D eigenvalue weighted by atomic mass is 10.2. The van der Waals surface area contributed by atoms with Crippen LogP contribution in [0.2, 0.25) is 0 Å². The second-order valence-corrected chi connectivity index (χ2v) is 4.54. The van der Waals surface area contributed by atoms with Gasteiger partial charge in [-0.25, -0.2) is 4.79 Å². The van der Waals surface area contributed by atoms with Crippen LogP contribution in [0.3, 0.4) is 0 Å². The van der Waals surface area contributed by atoms with Gasteiger partial charge < -0.3 is 15.7 Å². The van der Waals surface area contributed by atoms with Gasteiger partial charge in [0, 0.05) is 18.9 Å². The smallest absolute Gasteiger partial charge is 0.328 e. The molecule has 7 nitrogen and oxygen atoms in total. The van der Waals surface area contributed by atoms with E-state index in [0.29, 0.717) is 5.56 Å². The molecule has 1 heterocycles. The highest BCUT2D eigenvalue weighted by Gasteiger charge is 2.20. The summed E-state index contributed by atoms with van der Waals surface area (Å²) in [5.74, 6) is -2.17. The van der Waals surface area contributed by atoms with Crippen molar-refractivity contribution in [3.63, 3.8) is 0 Å². The zero-order valence-electron chi connectivity index (χ0n) is 12.3. The third kappa shape index (κ3) is 6.17. The summed E-state index contributed by atoms with van der Waals surface area (Å²) in [5.41, 5.74) is 0.320. The number of nitrogens with zero attached hydrogens (tertiary/aromatic N) is 1. The normalized spacial score (nSPS) is 11.9. The molecule has 0 bridgehead atoms. The van der Waals surface area contributed by atoms with Gasteiger partial charge in [0.1, 0.15) is 6.04 Å². The van der Waals surface area contributed by atoms with Gasteiger partial charge in [-0.05, 0) is 24.6 Å². The van der Waals surface area contributed by atoms with Crippen LogP contribution in [0.1, 0.15) is 30.1 Å². The van der Waals surface area contributed by atoms with Gasteiger partial charge in [0.2, 0.25) is 5.91 Å². The van der Waals surface area contributed by atoms with E-state index in [1.165, 1.54) is 18.5 Å². The average Bonchev–Trinajstić information content (AvgIpc) is 2.52. The van der Waals surface area contributed by atoms with Crippen molar-refractivity contribution in [3.8, 4) is 0 Å². The molecule has 1 unspecified atom stereocenters. The minimum absolute atomic E-state index is 0.212. The lowest BCUT2D eigenvalue weighted by Crippen LogP contribution is -2.48. The van der Waals surface area contributed by atoms with E-state index in [9.17, 15) is 14.4 Å². The zero-order valence-corrected chi connectivity index (χ0v) is 12.3. The fourth-order valence-electron chi connectivity index (χ4n) is 1.57. The number of carbonyl (C=O) groups is 3. The summed E-state index contributed by atoms with van der Waals surface area (Å²) in [6.07, 6.45) is 7.50. The van der Waals surface area contributed by atoms with Gasteiger partial charge in [0.15, 0.2) is 0 Å². The maximum Gasteiger partial charge on any atom is 0.328 e. The summed E-state index contributed by atoms with van der Waals surface area (Å²) in [5, 5.41) is 13.9. The Balaban J connectivity index is 2.53. The molecule has 1 aromatic rings. The van der Waals surface area contributed by atoms with Crippen LogP contribution >= 0.6 is 0 Å². The van der Waals surface area contributed by atoms with Gasteiger partial charge in [-0.15, -0.1) is 0 Å². The molecule has 2 amide bonds. The quantitative estimate of drug-likeness (QED) is 0.614. The molecule has 0 saturated carbocycles. The van der Waals surface area contributed by atoms with E-state index >= 15 is 0 Å². The van der Waals surface area contributed by atoms with Crippen LogP contribution in [0.5, 0.6) is 0 Å². The molecule has 0 aliphatic heterocycles. The Morgan fingerprint density at radius 1 is 1.41 bits per heavy atom. The Bertz CT molecular complexity index is 543. The van der Waals surface area contributed by atoms with Gasteiger partial charge in [-0.1, -0.05) is 19.4 Å². The molecule has 1 aromatic heterocycles. The van der Waals surface area contributed by atoms with Gasteiger partial charge in [-0.2, -0.15) is 0 Å². The highest BCUT2D eigenvalue weighted by Crippen LogP contribution is 1.95. The van der Waals surface area contributed by atoms with E-state index in [4.69, 9.17) is 5.11 Å². The van der Waals surface area contributed by atoms with E-state index in [1.807, 2.05) is 6.92 Å². The molecule has 0 radical (unpaired) electrons. The molecule has 0 fully saturated rings. The van der Waals surface area contributed by atoms with E-state index in [2.05, 4.69) is 15.6 Å². The number of hydrogen-bond donors (Lipinski definition) is 3. The monoisotopic (exact) mass is 305 g/mol. The number of rotatable bonds is 8. The Labute approximate surface area is 128 Å². The summed E-state index contributed by atoms with van der Waals surface area (Å²) in [6, 6.07) is 1.97. The maximum atomic E-state index is 11.8. The van der Waals surface area contributed by atoms with E-state index in [-0.39, 0.29) is 6.54 Å². The van der Waals surface area contributed by atoms with Crippen molar-refractivity contribution in [2.45, 2.75) is 25.8 Å². The molecule has 0 spiro atoms. The topological polar surface area (TPSA) is 108 Å². The molecule has 7 heteroatoms. The predicted molar refractivity (Wildman–Crippen MR) is 80.2 cm³/mol. The Morgan fingerprint density at radius 2 is 2.18 bits per heavy atom. The number of aromatic nitrogens is 1. The number of pyridine rings is 1. The molecular formula is C15H19N3O4. The highest BCUT2D eigenvalue weighted by atomic mass is 16.4. The molecular weight excluding hydrogens is 286 g/mol. The first-order valence-electron chi connectivity index (χ1n) is 6.92. The SMILES string of the molecule is CCCC=CC(=O)NC(CNC(=O)c1cccnc1)C(=O)O. The molecule has 0 saturated heterocycles. The first-order valence-corrected chi connectivity index (χ1v) is 6.92. The van der Waals surface area contributed by atoms with Crippen molar-refractivity contribution >= 4 is 17.8 Å². The number of allylic oxidation sites excluding steroid dienone is 1. The lowest BCUT2D eigenvalue weighted by Gasteiger charge is -2.14. The number of unbranched alkanes of at least 4 members (excludes halogenated alkanes) is 1. The zero-order chi connectivity index (χ0) is 16.4. The summed E-state index contributed by atoms with van der Waals surface area (Å²) in [4.78, 5) is 38.3. The van der Waals surface area contributed by atoms with Crippen LogP contribution < -0.4 is 10.6 Å². The molecule has 0 aromatic carbocycles. The van der Waals surface area contributed by atoms with Crippen LogP contribution in [0.25, 0.3) is 0 Å². The summed E-state index contributed by atoms with van der Waals surface area (Å²) < 4.78 is 0. The van der Waals surface area contributed by atoms with Crippen LogP contribution in [0.4, 0.5) is 0 Å². The van der Waals surface area contributed by atoms with Gasteiger partial charge in [0.25, 0.3) is 5.91 Å². The van der Waals surface area contributed by atoms with Gasteiger partial charge in [0.05, 0.1) is 5.56 Å². The van der Waals surface area contributed by atoms with Crippen molar-refractivity contribution in [1.29, 1.82) is 0 Å². The van der Waals surface area contributed by atoms with E-state index in [0.717, 1.165) is 12.8 Å². The van der Waals surface area contributed by atoms with Crippen molar-refractivity contribution in [2.75, 3.05) is 6.54 Å². The summed E-state index contributed by atoms with van der Waals surface area (Å²) >= 11 is 0. The molecule has 0 aliphatic rings. The Morgan fingerprint density at radius 3 is 2.77 bits per heavy atom. The average molecular weight is 305 g/mol. The largest absolute Gasteiger partial charge is 0.480 e. The summed E-state index contributed by atoms with van der Waals surface area (Å²) in [6.45, 7) is 1.76. The second-order valence-electron chi connectivity index (χ2n) is 4.54. The maximum absolute atomic E-state index is 11.8. The molecule has 1 atom stereocenters. The first kappa shape index (κ1) is 17.4. The van der Waals surface area contributed by atoms with E-state index < -0.39 is 23.8 Å². The number of aliphatic carboxylic acids is 1. The minimum atomic E-state index is -1.22. The number of amides is 2. The Kier molecular flexibility index (Phi) is 7.32. The van der Waals surface area contributed by atoms with Crippen molar-refractivity contribution in [2.24, 2.45) is 0 Å². The predicted octanol–water partition coefficient (Wildman–Crippen LogP) is 0.737.